The summed E-state index contributed by atoms with van der Waals surface area (Å²) in [6.45, 7) is 5.40. The van der Waals surface area contributed by atoms with Gasteiger partial charge in [-0.15, -0.1) is 24.0 Å². The predicted molar refractivity (Wildman–Crippen MR) is 132 cm³/mol. The Balaban J connectivity index is 0.00000300. The monoisotopic (exact) mass is 551 g/mol. The Kier molecular flexibility index (Phi) is 9.32. The Labute approximate surface area is 199 Å². The molecule has 1 fully saturated rings. The van der Waals surface area contributed by atoms with E-state index < -0.39 is 0 Å². The van der Waals surface area contributed by atoms with Gasteiger partial charge in [0, 0.05) is 58.7 Å². The molecule has 3 rings (SSSR count). The lowest BCUT2D eigenvalue weighted by Gasteiger charge is -2.33. The maximum absolute atomic E-state index is 6.11. The molecule has 0 aromatic carbocycles. The molecular formula is C19H28Cl2IN7. The molecule has 1 aliphatic rings. The van der Waals surface area contributed by atoms with Crippen molar-refractivity contribution in [2.75, 3.05) is 45.2 Å². The zero-order chi connectivity index (χ0) is 20.1. The number of nitrogens with one attached hydrogen (secondary N) is 2. The van der Waals surface area contributed by atoms with Crippen molar-refractivity contribution in [1.29, 1.82) is 0 Å². The first-order valence-electron chi connectivity index (χ1n) is 9.30. The molecule has 7 nitrogen and oxygen atoms in total. The SMILES string of the molecule is CN=C(NCc1ccc(N2CCN(C)CC2)nc1)NCc1cc(Cl)c(Cl)n1C.I. The molecule has 0 radical (unpaired) electrons. The summed E-state index contributed by atoms with van der Waals surface area (Å²) in [5.74, 6) is 1.74. The third-order valence-electron chi connectivity index (χ3n) is 4.97. The number of aliphatic imine (C=N–C) groups is 1. The van der Waals surface area contributed by atoms with E-state index in [2.05, 4.69) is 49.6 Å². The third kappa shape index (κ3) is 6.37. The molecule has 3 heterocycles. The molecule has 2 aromatic heterocycles. The van der Waals surface area contributed by atoms with Gasteiger partial charge < -0.3 is 25.0 Å². The van der Waals surface area contributed by atoms with Gasteiger partial charge in [-0.1, -0.05) is 29.3 Å². The van der Waals surface area contributed by atoms with Crippen molar-refractivity contribution in [3.8, 4) is 0 Å². The molecule has 0 saturated carbocycles. The highest BCUT2D eigenvalue weighted by atomic mass is 127. The molecule has 0 spiro atoms. The number of anilines is 1. The van der Waals surface area contributed by atoms with E-state index in [0.29, 0.717) is 29.2 Å². The van der Waals surface area contributed by atoms with Crippen LogP contribution in [-0.4, -0.2) is 60.7 Å². The van der Waals surface area contributed by atoms with E-state index in [9.17, 15) is 0 Å². The number of hydrogen-bond acceptors (Lipinski definition) is 4. The summed E-state index contributed by atoms with van der Waals surface area (Å²) in [4.78, 5) is 13.5. The van der Waals surface area contributed by atoms with Crippen LogP contribution in [-0.2, 0) is 20.1 Å². The van der Waals surface area contributed by atoms with Gasteiger partial charge in [-0.05, 0) is 24.7 Å². The third-order valence-corrected chi connectivity index (χ3v) is 5.81. The Morgan fingerprint density at radius 3 is 2.34 bits per heavy atom. The number of likely N-dealkylation sites (N-methyl/N-ethyl adjacent to an activating group) is 1. The van der Waals surface area contributed by atoms with Gasteiger partial charge in [-0.3, -0.25) is 4.99 Å². The first kappa shape index (κ1) is 24.0. The maximum atomic E-state index is 6.11. The first-order chi connectivity index (χ1) is 13.5. The van der Waals surface area contributed by atoms with Crippen molar-refractivity contribution in [2.45, 2.75) is 13.1 Å². The van der Waals surface area contributed by atoms with E-state index in [1.54, 1.807) is 7.05 Å². The van der Waals surface area contributed by atoms with E-state index in [1.165, 1.54) is 0 Å². The molecule has 29 heavy (non-hydrogen) atoms. The fraction of sp³-hybridized carbons (Fsp3) is 0.474. The molecule has 0 unspecified atom stereocenters. The van der Waals surface area contributed by atoms with Crippen molar-refractivity contribution in [2.24, 2.45) is 12.0 Å². The number of hydrogen-bond donors (Lipinski definition) is 2. The molecule has 0 aliphatic carbocycles. The van der Waals surface area contributed by atoms with Crippen LogP contribution in [0.3, 0.4) is 0 Å². The Morgan fingerprint density at radius 2 is 1.79 bits per heavy atom. The number of rotatable bonds is 5. The minimum absolute atomic E-state index is 0. The highest BCUT2D eigenvalue weighted by Crippen LogP contribution is 2.24. The first-order valence-corrected chi connectivity index (χ1v) is 10.1. The van der Waals surface area contributed by atoms with E-state index in [4.69, 9.17) is 23.2 Å². The van der Waals surface area contributed by atoms with Gasteiger partial charge in [0.2, 0.25) is 0 Å². The van der Waals surface area contributed by atoms with Gasteiger partial charge in [0.25, 0.3) is 0 Å². The quantitative estimate of drug-likeness (QED) is 0.340. The zero-order valence-corrected chi connectivity index (χ0v) is 20.8. The molecule has 10 heteroatoms. The lowest BCUT2D eigenvalue weighted by molar-refractivity contribution is 0.312. The lowest BCUT2D eigenvalue weighted by atomic mass is 10.2. The van der Waals surface area contributed by atoms with Gasteiger partial charge in [0.05, 0.1) is 11.6 Å². The molecule has 0 amide bonds. The second-order valence-electron chi connectivity index (χ2n) is 6.93. The van der Waals surface area contributed by atoms with Crippen molar-refractivity contribution < 1.29 is 0 Å². The van der Waals surface area contributed by atoms with Crippen LogP contribution >= 0.6 is 47.2 Å². The summed E-state index contributed by atoms with van der Waals surface area (Å²) in [7, 11) is 5.78. The van der Waals surface area contributed by atoms with Crippen LogP contribution in [0.2, 0.25) is 10.2 Å². The van der Waals surface area contributed by atoms with Gasteiger partial charge in [-0.2, -0.15) is 0 Å². The van der Waals surface area contributed by atoms with Crippen LogP contribution in [0.1, 0.15) is 11.3 Å². The number of halogens is 3. The van der Waals surface area contributed by atoms with Gasteiger partial charge in [0.15, 0.2) is 5.96 Å². The van der Waals surface area contributed by atoms with Crippen LogP contribution in [0.15, 0.2) is 29.4 Å². The van der Waals surface area contributed by atoms with E-state index in [-0.39, 0.29) is 24.0 Å². The fourth-order valence-corrected chi connectivity index (χ4v) is 3.50. The normalized spacial score (nSPS) is 15.2. The molecule has 1 aliphatic heterocycles. The van der Waals surface area contributed by atoms with E-state index >= 15 is 0 Å². The minimum Gasteiger partial charge on any atom is -0.354 e. The van der Waals surface area contributed by atoms with Gasteiger partial charge in [0.1, 0.15) is 11.0 Å². The summed E-state index contributed by atoms with van der Waals surface area (Å²) in [5.41, 5.74) is 2.09. The van der Waals surface area contributed by atoms with Crippen molar-refractivity contribution >= 4 is 59.0 Å². The average molecular weight is 552 g/mol. The van der Waals surface area contributed by atoms with Crippen molar-refractivity contribution in [1.82, 2.24) is 25.1 Å². The minimum atomic E-state index is 0. The summed E-state index contributed by atoms with van der Waals surface area (Å²) >= 11 is 12.2. The highest BCUT2D eigenvalue weighted by Gasteiger charge is 2.15. The Hall–Kier alpha value is -1.23. The van der Waals surface area contributed by atoms with Gasteiger partial charge >= 0.3 is 0 Å². The van der Waals surface area contributed by atoms with Crippen LogP contribution in [0.25, 0.3) is 0 Å². The standard InChI is InChI=1S/C19H27Cl2N7.HI/c1-22-19(25-13-15-10-16(20)18(21)27(15)3)24-12-14-4-5-17(23-11-14)28-8-6-26(2)7-9-28;/h4-5,10-11H,6-9,12-13H2,1-3H3,(H2,22,24,25);1H. The maximum Gasteiger partial charge on any atom is 0.191 e. The highest BCUT2D eigenvalue weighted by molar-refractivity contribution is 14.0. The predicted octanol–water partition coefficient (Wildman–Crippen LogP) is 2.96. The van der Waals surface area contributed by atoms with E-state index in [0.717, 1.165) is 43.3 Å². The Bertz CT molecular complexity index is 815. The second kappa shape index (κ2) is 11.2. The number of pyridine rings is 1. The number of piperazine rings is 1. The fourth-order valence-electron chi connectivity index (χ4n) is 3.08. The second-order valence-corrected chi connectivity index (χ2v) is 7.69. The summed E-state index contributed by atoms with van der Waals surface area (Å²) in [6, 6.07) is 6.05. The van der Waals surface area contributed by atoms with Crippen molar-refractivity contribution in [3.05, 3.63) is 45.8 Å². The zero-order valence-electron chi connectivity index (χ0n) is 17.0. The van der Waals surface area contributed by atoms with Gasteiger partial charge in [-0.25, -0.2) is 4.98 Å². The average Bonchev–Trinajstić information content (AvgIpc) is 2.96. The Morgan fingerprint density at radius 1 is 1.10 bits per heavy atom. The summed E-state index contributed by atoms with van der Waals surface area (Å²) < 4.78 is 1.85. The van der Waals surface area contributed by atoms with Crippen LogP contribution < -0.4 is 15.5 Å². The molecule has 2 N–H and O–H groups in total. The molecule has 160 valence electrons. The lowest BCUT2D eigenvalue weighted by Crippen LogP contribution is -2.44. The molecule has 0 atom stereocenters. The summed E-state index contributed by atoms with van der Waals surface area (Å²) in [6.07, 6.45) is 1.92. The largest absolute Gasteiger partial charge is 0.354 e. The molecule has 0 bridgehead atoms. The van der Waals surface area contributed by atoms with Crippen molar-refractivity contribution in [3.63, 3.8) is 0 Å². The molecule has 2 aromatic rings. The van der Waals surface area contributed by atoms with E-state index in [1.807, 2.05) is 23.9 Å². The topological polar surface area (TPSA) is 60.7 Å². The number of nitrogens with zero attached hydrogens (tertiary/aromatic N) is 5. The van der Waals surface area contributed by atoms with Crippen LogP contribution in [0.4, 0.5) is 5.82 Å². The summed E-state index contributed by atoms with van der Waals surface area (Å²) in [5, 5.41) is 7.66. The number of guanidine groups is 1. The smallest absolute Gasteiger partial charge is 0.191 e. The van der Waals surface area contributed by atoms with Crippen LogP contribution in [0, 0.1) is 0 Å². The molecule has 1 saturated heterocycles. The number of aromatic nitrogens is 2. The molecular weight excluding hydrogens is 524 g/mol. The van der Waals surface area contributed by atoms with Crippen LogP contribution in [0.5, 0.6) is 0 Å².